The van der Waals surface area contributed by atoms with Gasteiger partial charge in [-0.05, 0) is 48.7 Å². The first-order valence-electron chi connectivity index (χ1n) is 8.10. The highest BCUT2D eigenvalue weighted by atomic mass is 32.2. The number of carboxylic acids is 1. The molecular formula is C19H21NO5S. The van der Waals surface area contributed by atoms with Crippen LogP contribution >= 0.6 is 0 Å². The lowest BCUT2D eigenvalue weighted by molar-refractivity contribution is -0.138. The van der Waals surface area contributed by atoms with E-state index in [2.05, 4.69) is 5.32 Å². The highest BCUT2D eigenvalue weighted by molar-refractivity contribution is 7.90. The number of anilines is 1. The monoisotopic (exact) mass is 375 g/mol. The molecule has 2 aromatic rings. The Bertz CT molecular complexity index is 933. The molecule has 0 aliphatic carbocycles. The second kappa shape index (κ2) is 7.70. The molecule has 26 heavy (non-hydrogen) atoms. The molecule has 0 saturated carbocycles. The summed E-state index contributed by atoms with van der Waals surface area (Å²) in [4.78, 5) is 23.7. The summed E-state index contributed by atoms with van der Waals surface area (Å²) in [5.41, 5.74) is 2.18. The smallest absolute Gasteiger partial charge is 0.310 e. The molecule has 0 aromatic heterocycles. The van der Waals surface area contributed by atoms with Gasteiger partial charge >= 0.3 is 5.97 Å². The third-order valence-electron chi connectivity index (χ3n) is 4.17. The van der Waals surface area contributed by atoms with Crippen LogP contribution in [0.25, 0.3) is 0 Å². The fraction of sp³-hybridized carbons (Fsp3) is 0.263. The standard InChI is InChI=1S/C19H21NO5S/c1-4-13-7-10-16(26(3,24)25)11-17(13)18(21)20-15-8-5-14(6-9-15)12(2)19(22)23/h5-12H,4H2,1-3H3,(H,20,21)(H,22,23). The van der Waals surface area contributed by atoms with Crippen molar-refractivity contribution >= 4 is 27.4 Å². The second-order valence-corrected chi connectivity index (χ2v) is 8.10. The molecule has 138 valence electrons. The number of benzene rings is 2. The average Bonchev–Trinajstić information content (AvgIpc) is 2.60. The average molecular weight is 375 g/mol. The van der Waals surface area contributed by atoms with Crippen LogP contribution in [0.5, 0.6) is 0 Å². The summed E-state index contributed by atoms with van der Waals surface area (Å²) in [5.74, 6) is -1.98. The molecule has 1 amide bonds. The predicted octanol–water partition coefficient (Wildman–Crippen LogP) is 3.09. The number of nitrogens with one attached hydrogen (secondary N) is 1. The normalized spacial score (nSPS) is 12.4. The molecule has 2 rings (SSSR count). The van der Waals surface area contributed by atoms with Gasteiger partial charge in [0.2, 0.25) is 0 Å². The first-order valence-corrected chi connectivity index (χ1v) is 9.99. The second-order valence-electron chi connectivity index (χ2n) is 6.08. The van der Waals surface area contributed by atoms with E-state index in [0.29, 0.717) is 23.2 Å². The maximum atomic E-state index is 12.6. The third kappa shape index (κ3) is 4.49. The Labute approximate surface area is 152 Å². The zero-order valence-corrected chi connectivity index (χ0v) is 15.6. The molecule has 2 N–H and O–H groups in total. The number of rotatable bonds is 6. The minimum absolute atomic E-state index is 0.0884. The summed E-state index contributed by atoms with van der Waals surface area (Å²) >= 11 is 0. The Balaban J connectivity index is 2.28. The summed E-state index contributed by atoms with van der Waals surface area (Å²) in [6, 6.07) is 11.0. The largest absolute Gasteiger partial charge is 0.481 e. The number of carbonyl (C=O) groups excluding carboxylic acids is 1. The number of aliphatic carboxylic acids is 1. The van der Waals surface area contributed by atoms with Gasteiger partial charge in [0.05, 0.1) is 10.8 Å². The lowest BCUT2D eigenvalue weighted by atomic mass is 10.0. The third-order valence-corrected chi connectivity index (χ3v) is 5.28. The van der Waals surface area contributed by atoms with Crippen molar-refractivity contribution in [1.29, 1.82) is 0 Å². The van der Waals surface area contributed by atoms with E-state index in [0.717, 1.165) is 11.8 Å². The van der Waals surface area contributed by atoms with E-state index in [1.54, 1.807) is 37.3 Å². The van der Waals surface area contributed by atoms with Crippen LogP contribution in [-0.4, -0.2) is 31.7 Å². The summed E-state index contributed by atoms with van der Waals surface area (Å²) in [6.07, 6.45) is 1.68. The molecule has 1 unspecified atom stereocenters. The zero-order valence-electron chi connectivity index (χ0n) is 14.8. The van der Waals surface area contributed by atoms with E-state index in [4.69, 9.17) is 5.11 Å². The summed E-state index contributed by atoms with van der Waals surface area (Å²) in [5, 5.41) is 11.8. The maximum absolute atomic E-state index is 12.6. The van der Waals surface area contributed by atoms with Crippen molar-refractivity contribution in [1.82, 2.24) is 0 Å². The SMILES string of the molecule is CCc1ccc(S(C)(=O)=O)cc1C(=O)Nc1ccc(C(C)C(=O)O)cc1. The van der Waals surface area contributed by atoms with Gasteiger partial charge in [0.25, 0.3) is 5.91 Å². The van der Waals surface area contributed by atoms with Crippen molar-refractivity contribution in [3.05, 3.63) is 59.2 Å². The number of sulfone groups is 1. The minimum Gasteiger partial charge on any atom is -0.481 e. The van der Waals surface area contributed by atoms with Crippen molar-refractivity contribution in [3.8, 4) is 0 Å². The minimum atomic E-state index is -3.42. The van der Waals surface area contributed by atoms with E-state index in [9.17, 15) is 18.0 Å². The van der Waals surface area contributed by atoms with E-state index < -0.39 is 27.6 Å². The van der Waals surface area contributed by atoms with Crippen LogP contribution < -0.4 is 5.32 Å². The molecule has 7 heteroatoms. The lowest BCUT2D eigenvalue weighted by Crippen LogP contribution is -2.15. The van der Waals surface area contributed by atoms with Crippen molar-refractivity contribution in [3.63, 3.8) is 0 Å². The molecule has 0 bridgehead atoms. The summed E-state index contributed by atoms with van der Waals surface area (Å²) in [7, 11) is -3.42. The van der Waals surface area contributed by atoms with Gasteiger partial charge in [0, 0.05) is 17.5 Å². The van der Waals surface area contributed by atoms with Gasteiger partial charge < -0.3 is 10.4 Å². The number of aryl methyl sites for hydroxylation is 1. The molecular weight excluding hydrogens is 354 g/mol. The van der Waals surface area contributed by atoms with Crippen LogP contribution in [0.15, 0.2) is 47.4 Å². The van der Waals surface area contributed by atoms with Crippen LogP contribution in [0.1, 0.15) is 41.3 Å². The molecule has 0 aliphatic rings. The summed E-state index contributed by atoms with van der Waals surface area (Å²) in [6.45, 7) is 3.47. The van der Waals surface area contributed by atoms with Crippen molar-refractivity contribution in [2.45, 2.75) is 31.1 Å². The number of carboxylic acid groups (broad SMARTS) is 1. The van der Waals surface area contributed by atoms with Crippen LogP contribution in [-0.2, 0) is 21.1 Å². The zero-order chi connectivity index (χ0) is 19.5. The topological polar surface area (TPSA) is 101 Å². The van der Waals surface area contributed by atoms with Gasteiger partial charge in [0.15, 0.2) is 9.84 Å². The van der Waals surface area contributed by atoms with E-state index in [1.807, 2.05) is 6.92 Å². The number of hydrogen-bond acceptors (Lipinski definition) is 4. The number of hydrogen-bond donors (Lipinski definition) is 2. The molecule has 0 radical (unpaired) electrons. The molecule has 0 aliphatic heterocycles. The van der Waals surface area contributed by atoms with Gasteiger partial charge in [-0.15, -0.1) is 0 Å². The Morgan fingerprint density at radius 1 is 1.12 bits per heavy atom. The highest BCUT2D eigenvalue weighted by Gasteiger charge is 2.17. The van der Waals surface area contributed by atoms with Gasteiger partial charge in [0.1, 0.15) is 0 Å². The van der Waals surface area contributed by atoms with Crippen LogP contribution in [0.2, 0.25) is 0 Å². The van der Waals surface area contributed by atoms with Gasteiger partial charge in [-0.1, -0.05) is 25.1 Å². The summed E-state index contributed by atoms with van der Waals surface area (Å²) < 4.78 is 23.5. The Kier molecular flexibility index (Phi) is 5.82. The van der Waals surface area contributed by atoms with Gasteiger partial charge in [-0.3, -0.25) is 9.59 Å². The molecule has 2 aromatic carbocycles. The number of amides is 1. The Morgan fingerprint density at radius 3 is 2.23 bits per heavy atom. The lowest BCUT2D eigenvalue weighted by Gasteiger charge is -2.12. The van der Waals surface area contributed by atoms with Gasteiger partial charge in [-0.2, -0.15) is 0 Å². The first-order chi connectivity index (χ1) is 12.1. The van der Waals surface area contributed by atoms with Crippen LogP contribution in [0.4, 0.5) is 5.69 Å². The van der Waals surface area contributed by atoms with Gasteiger partial charge in [-0.25, -0.2) is 8.42 Å². The quantitative estimate of drug-likeness (QED) is 0.808. The van der Waals surface area contributed by atoms with Crippen LogP contribution in [0.3, 0.4) is 0 Å². The Hall–Kier alpha value is -2.67. The van der Waals surface area contributed by atoms with Crippen molar-refractivity contribution < 1.29 is 23.1 Å². The Morgan fingerprint density at radius 2 is 1.73 bits per heavy atom. The molecule has 1 atom stereocenters. The maximum Gasteiger partial charge on any atom is 0.310 e. The molecule has 6 nitrogen and oxygen atoms in total. The molecule has 0 spiro atoms. The fourth-order valence-corrected chi connectivity index (χ4v) is 3.15. The molecule has 0 fully saturated rings. The molecule has 0 heterocycles. The fourth-order valence-electron chi connectivity index (χ4n) is 2.50. The predicted molar refractivity (Wildman–Crippen MR) is 99.4 cm³/mol. The number of carbonyl (C=O) groups is 2. The van der Waals surface area contributed by atoms with E-state index in [-0.39, 0.29) is 4.90 Å². The van der Waals surface area contributed by atoms with Crippen molar-refractivity contribution in [2.24, 2.45) is 0 Å². The van der Waals surface area contributed by atoms with Crippen molar-refractivity contribution in [2.75, 3.05) is 11.6 Å². The first kappa shape index (κ1) is 19.7. The molecule has 0 saturated heterocycles. The highest BCUT2D eigenvalue weighted by Crippen LogP contribution is 2.21. The van der Waals surface area contributed by atoms with E-state index in [1.165, 1.54) is 12.1 Å². The van der Waals surface area contributed by atoms with Crippen LogP contribution in [0, 0.1) is 0 Å². The van der Waals surface area contributed by atoms with E-state index >= 15 is 0 Å².